The van der Waals surface area contributed by atoms with Gasteiger partial charge in [0.25, 0.3) is 0 Å². The first-order valence-electron chi connectivity index (χ1n) is 48.7. The van der Waals surface area contributed by atoms with E-state index in [1.807, 2.05) is 243 Å². The van der Waals surface area contributed by atoms with Crippen LogP contribution in [0, 0.1) is 0 Å². The van der Waals surface area contributed by atoms with Crippen LogP contribution in [-0.4, -0.2) is 91.9 Å². The number of aromatic amines is 1. The molecule has 0 radical (unpaired) electrons. The van der Waals surface area contributed by atoms with Crippen LogP contribution in [0.5, 0.6) is 92.0 Å². The van der Waals surface area contributed by atoms with Gasteiger partial charge in [-0.15, -0.1) is 0 Å². The Morgan fingerprint density at radius 3 is 0.831 bits per heavy atom. The number of benzene rings is 12. The molecule has 0 spiro atoms. The number of fused-ring (bicyclic) bond motifs is 20. The third kappa shape index (κ3) is 20.9. The minimum atomic E-state index is 0.0570. The van der Waals surface area contributed by atoms with Gasteiger partial charge in [-0.3, -0.25) is 0 Å². The Balaban J connectivity index is 1.20. The topological polar surface area (TPSA) is 268 Å². The highest BCUT2D eigenvalue weighted by Crippen LogP contribution is 2.64. The minimum Gasteiger partial charge on any atom is -0.452 e. The molecular formula is C112H122N16O8. The van der Waals surface area contributed by atoms with Gasteiger partial charge in [0.15, 0.2) is 57.6 Å². The van der Waals surface area contributed by atoms with Crippen LogP contribution in [0.4, 0.5) is 39.8 Å². The molecule has 3 aromatic heterocycles. The molecule has 0 unspecified atom stereocenters. The summed E-state index contributed by atoms with van der Waals surface area (Å²) in [5.74, 6) is 5.43. The van der Waals surface area contributed by atoms with E-state index in [9.17, 15) is 0 Å². The fourth-order valence-corrected chi connectivity index (χ4v) is 16.7. The van der Waals surface area contributed by atoms with E-state index in [0.717, 1.165) is 159 Å². The molecule has 12 aromatic carbocycles. The summed E-state index contributed by atoms with van der Waals surface area (Å²) in [6.07, 6.45) is 14.3. The summed E-state index contributed by atoms with van der Waals surface area (Å²) in [5, 5.41) is 30.8. The standard InChI is InChI=1S/C112H122N16O8/c1-9-17-65-113-83-73-82-84(92(115-67-19-11-3)91(83)114-66-18-10-2)106-121-105(82)122-107-87-88(98(130-75-51-35-26-36-52-75)102(134-79-59-43-30-44-60-79)101(133-78-57-41-29-42-58-78)97(87)129-74-49-33-25-34-50-74)108(123-107)124-109-89-90(100(132-77-55-39-28-40-56-77)104(136-81-63-47-32-48-64-81)103(135-80-61-45-31-46-62-80)99(89)131-76-53-37-27-38-54-76)110(125-109)127-112-86-85(111(126-106)128(112)120-72-24-16-8)93(116-68-20-12-4)95(118-70-22-14-6)96(119-71-23-15-7)94(86)117-69-21-13-5/h25-64,73,113-120H,9-24,65-72H2,1-8H3,(H,121,122,123,124,125,126,127). The Hall–Kier alpha value is -15.2. The second-order valence-corrected chi connectivity index (χ2v) is 33.8. The molecule has 9 N–H and O–H groups in total. The third-order valence-corrected chi connectivity index (χ3v) is 23.6. The van der Waals surface area contributed by atoms with Crippen LogP contribution in [0.2, 0.25) is 0 Å². The third-order valence-electron chi connectivity index (χ3n) is 23.6. The van der Waals surface area contributed by atoms with Crippen molar-refractivity contribution in [1.82, 2.24) is 39.6 Å². The number of rotatable bonds is 48. The van der Waals surface area contributed by atoms with E-state index in [0.29, 0.717) is 143 Å². The summed E-state index contributed by atoms with van der Waals surface area (Å²) < 4.78 is 62.9. The van der Waals surface area contributed by atoms with E-state index in [4.69, 9.17) is 67.8 Å². The van der Waals surface area contributed by atoms with Crippen LogP contribution in [0.3, 0.4) is 0 Å². The average Bonchev–Trinajstić information content (AvgIpc) is 1.54. The molecule has 2 aliphatic heterocycles. The van der Waals surface area contributed by atoms with E-state index in [1.165, 1.54) is 0 Å². The van der Waals surface area contributed by atoms with Crippen molar-refractivity contribution < 1.29 is 37.9 Å². The monoisotopic (exact) mass is 1820 g/mol. The molecule has 5 heterocycles. The van der Waals surface area contributed by atoms with Crippen LogP contribution < -0.4 is 80.5 Å². The first-order chi connectivity index (χ1) is 67.2. The number of ether oxygens (including phenoxy) is 8. The Kier molecular flexibility index (Phi) is 31.0. The fraction of sp³-hybridized carbons (Fsp3) is 0.286. The lowest BCUT2D eigenvalue weighted by molar-refractivity contribution is 0.368. The number of hydrogen-bond acceptors (Lipinski definition) is 22. The van der Waals surface area contributed by atoms with Crippen molar-refractivity contribution >= 4 is 83.9 Å². The summed E-state index contributed by atoms with van der Waals surface area (Å²) in [6.45, 7) is 22.8. The van der Waals surface area contributed by atoms with Crippen molar-refractivity contribution in [2.24, 2.45) is 0 Å². The van der Waals surface area contributed by atoms with Gasteiger partial charge in [-0.05, 0) is 154 Å². The van der Waals surface area contributed by atoms with Gasteiger partial charge in [0.1, 0.15) is 57.3 Å². The van der Waals surface area contributed by atoms with Crippen LogP contribution in [0.15, 0.2) is 249 Å². The van der Waals surface area contributed by atoms with Crippen molar-refractivity contribution in [2.75, 3.05) is 95.0 Å². The van der Waals surface area contributed by atoms with E-state index in [-0.39, 0.29) is 74.5 Å². The first-order valence-corrected chi connectivity index (χ1v) is 48.7. The van der Waals surface area contributed by atoms with E-state index >= 15 is 0 Å². The van der Waals surface area contributed by atoms with Gasteiger partial charge in [0.2, 0.25) is 23.0 Å². The molecule has 8 bridgehead atoms. The van der Waals surface area contributed by atoms with Gasteiger partial charge >= 0.3 is 0 Å². The molecule has 2 aliphatic rings. The highest BCUT2D eigenvalue weighted by Gasteiger charge is 2.41. The predicted octanol–water partition coefficient (Wildman–Crippen LogP) is 30.5. The Morgan fingerprint density at radius 1 is 0.235 bits per heavy atom. The van der Waals surface area contributed by atoms with Gasteiger partial charge in [-0.2, -0.15) is 0 Å². The number of aromatic nitrogens is 8. The maximum atomic E-state index is 7.73. The summed E-state index contributed by atoms with van der Waals surface area (Å²) in [7, 11) is 0. The minimum absolute atomic E-state index is 0.0570. The highest BCUT2D eigenvalue weighted by atomic mass is 16.6. The molecule has 0 amide bonds. The van der Waals surface area contributed by atoms with Crippen LogP contribution in [-0.2, 0) is 0 Å². The molecule has 0 aliphatic carbocycles. The smallest absolute Gasteiger partial charge is 0.217 e. The second-order valence-electron chi connectivity index (χ2n) is 33.8. The van der Waals surface area contributed by atoms with Crippen LogP contribution in [0.1, 0.15) is 158 Å². The number of hydrogen-bond donors (Lipinski definition) is 9. The lowest BCUT2D eigenvalue weighted by atomic mass is 10.0. The first kappa shape index (κ1) is 92.6. The van der Waals surface area contributed by atoms with Gasteiger partial charge in [0, 0.05) is 57.9 Å². The largest absolute Gasteiger partial charge is 0.452 e. The Morgan fingerprint density at radius 2 is 0.493 bits per heavy atom. The fourth-order valence-electron chi connectivity index (χ4n) is 16.7. The van der Waals surface area contributed by atoms with E-state index < -0.39 is 0 Å². The number of H-pyrrole nitrogens is 1. The zero-order chi connectivity index (χ0) is 93.3. The van der Waals surface area contributed by atoms with E-state index in [1.54, 1.807) is 0 Å². The molecule has 136 heavy (non-hydrogen) atoms. The number of unbranched alkanes of at least 4 members (excludes halogenated alkanes) is 8. The van der Waals surface area contributed by atoms with Crippen molar-refractivity contribution in [3.05, 3.63) is 249 Å². The quantitative estimate of drug-likeness (QED) is 0.0160. The number of anilines is 7. The lowest BCUT2D eigenvalue weighted by Crippen LogP contribution is -2.17. The van der Waals surface area contributed by atoms with Gasteiger partial charge in [-0.25, -0.2) is 34.6 Å². The number of nitrogens with one attached hydrogen (secondary N) is 9. The number of nitrogens with zero attached hydrogens (tertiary/aromatic N) is 7. The molecule has 0 saturated carbocycles. The normalized spacial score (nSPS) is 11.4. The molecule has 24 heteroatoms. The van der Waals surface area contributed by atoms with Crippen molar-refractivity contribution in [3.8, 4) is 138 Å². The van der Waals surface area contributed by atoms with Gasteiger partial charge < -0.3 is 85.5 Å². The van der Waals surface area contributed by atoms with Crippen molar-refractivity contribution in [3.63, 3.8) is 0 Å². The molecule has 17 rings (SSSR count). The summed E-state index contributed by atoms with van der Waals surface area (Å²) in [6, 6.07) is 78.9. The van der Waals surface area contributed by atoms with Crippen molar-refractivity contribution in [1.29, 1.82) is 0 Å². The maximum Gasteiger partial charge on any atom is 0.217 e. The zero-order valence-corrected chi connectivity index (χ0v) is 79.0. The Labute approximate surface area is 796 Å². The molecule has 15 aromatic rings. The molecule has 0 saturated heterocycles. The van der Waals surface area contributed by atoms with Crippen LogP contribution >= 0.6 is 0 Å². The maximum absolute atomic E-state index is 7.73. The number of para-hydroxylation sites is 8. The SMILES string of the molecule is CCCCNc1cc2c(c(NCCCC)c1NCCCC)-c1nc-2nc2[nH]c(nc3nc(nc4c5c(NCCCC)c(NCCCC)c(NCCCC)c(NCCCC)c5c(n1)n4NCCCC)-c1c(Oc4ccccc4)c(Oc4ccccc4)c(Oc4ccccc4)c(Oc4ccccc4)c1-3)c1c(Oc3ccccc3)c(Oc3ccccc3)c(Oc3ccccc3)c(Oc3ccccc3)c21. The second kappa shape index (κ2) is 45.5. The lowest BCUT2D eigenvalue weighted by Gasteiger charge is -2.24. The van der Waals surface area contributed by atoms with E-state index in [2.05, 4.69) is 114 Å². The zero-order valence-electron chi connectivity index (χ0n) is 79.0. The Bertz CT molecular complexity index is 6720. The van der Waals surface area contributed by atoms with Crippen molar-refractivity contribution in [2.45, 2.75) is 158 Å². The molecule has 698 valence electrons. The molecule has 0 atom stereocenters. The van der Waals surface area contributed by atoms with Crippen LogP contribution in [0.25, 0.3) is 89.7 Å². The highest BCUT2D eigenvalue weighted by molar-refractivity contribution is 6.25. The van der Waals surface area contributed by atoms with Gasteiger partial charge in [0.05, 0.1) is 78.0 Å². The predicted molar refractivity (Wildman–Crippen MR) is 555 cm³/mol. The molecule has 24 nitrogen and oxygen atoms in total. The summed E-state index contributed by atoms with van der Waals surface area (Å²) in [5.41, 5.74) is 13.3. The molecular weight excluding hydrogens is 1700 g/mol. The summed E-state index contributed by atoms with van der Waals surface area (Å²) >= 11 is 0. The summed E-state index contributed by atoms with van der Waals surface area (Å²) in [4.78, 5) is 41.1. The molecule has 0 fully saturated rings. The van der Waals surface area contributed by atoms with Gasteiger partial charge in [-0.1, -0.05) is 252 Å². The average molecular weight is 1820 g/mol.